The normalized spacial score (nSPS) is 15.2. The molecule has 0 saturated carbocycles. The van der Waals surface area contributed by atoms with Crippen LogP contribution in [0.15, 0.2) is 6.33 Å². The molecular weight excluding hydrogens is 262 g/mol. The molecule has 2 atom stereocenters. The molecule has 0 aliphatic heterocycles. The molecule has 0 fully saturated rings. The molecule has 1 aromatic rings. The van der Waals surface area contributed by atoms with Gasteiger partial charge in [0.15, 0.2) is 5.82 Å². The van der Waals surface area contributed by atoms with E-state index in [2.05, 4.69) is 20.8 Å². The number of rotatable bonds is 6. The van der Waals surface area contributed by atoms with Crippen LogP contribution in [0.4, 0.5) is 4.79 Å². The van der Waals surface area contributed by atoms with Gasteiger partial charge in [-0.2, -0.15) is 0 Å². The van der Waals surface area contributed by atoms with E-state index in [1.165, 1.54) is 0 Å². The van der Waals surface area contributed by atoms with Gasteiger partial charge in [-0.3, -0.25) is 4.79 Å². The molecule has 0 aromatic carbocycles. The van der Waals surface area contributed by atoms with Gasteiger partial charge in [0.25, 0.3) is 0 Å². The van der Waals surface area contributed by atoms with E-state index in [-0.39, 0.29) is 12.6 Å². The van der Waals surface area contributed by atoms with Crippen molar-refractivity contribution in [1.29, 1.82) is 0 Å². The van der Waals surface area contributed by atoms with Crippen LogP contribution in [0.1, 0.15) is 39.1 Å². The molecule has 0 aliphatic rings. The summed E-state index contributed by atoms with van der Waals surface area (Å²) in [4.78, 5) is 22.9. The largest absolute Gasteiger partial charge is 0.481 e. The summed E-state index contributed by atoms with van der Waals surface area (Å²) in [5, 5.41) is 22.0. The maximum Gasteiger partial charge on any atom is 0.315 e. The summed E-state index contributed by atoms with van der Waals surface area (Å²) >= 11 is 0. The third-order valence-corrected chi connectivity index (χ3v) is 3.42. The van der Waals surface area contributed by atoms with Gasteiger partial charge in [0, 0.05) is 13.6 Å². The summed E-state index contributed by atoms with van der Waals surface area (Å²) < 4.78 is 1.71. The number of carbonyl (C=O) groups is 2. The lowest BCUT2D eigenvalue weighted by atomic mass is 9.88. The van der Waals surface area contributed by atoms with E-state index in [0.717, 1.165) is 0 Å². The predicted molar refractivity (Wildman–Crippen MR) is 72.0 cm³/mol. The van der Waals surface area contributed by atoms with Crippen LogP contribution >= 0.6 is 0 Å². The molecule has 0 bridgehead atoms. The highest BCUT2D eigenvalue weighted by Crippen LogP contribution is 2.19. The molecule has 1 heterocycles. The molecule has 2 unspecified atom stereocenters. The number of hydrogen-bond donors (Lipinski definition) is 3. The lowest BCUT2D eigenvalue weighted by molar-refractivity contribution is -0.147. The molecule has 0 aliphatic carbocycles. The van der Waals surface area contributed by atoms with Crippen LogP contribution in [-0.4, -0.2) is 38.4 Å². The van der Waals surface area contributed by atoms with Gasteiger partial charge in [0.1, 0.15) is 6.33 Å². The molecular formula is C12H21N5O3. The zero-order valence-electron chi connectivity index (χ0n) is 12.2. The Labute approximate surface area is 117 Å². The van der Waals surface area contributed by atoms with Gasteiger partial charge >= 0.3 is 12.0 Å². The topological polar surface area (TPSA) is 109 Å². The predicted octanol–water partition coefficient (Wildman–Crippen LogP) is 0.676. The first kappa shape index (κ1) is 15.9. The third kappa shape index (κ3) is 3.69. The lowest BCUT2D eigenvalue weighted by Gasteiger charge is -2.23. The monoisotopic (exact) mass is 283 g/mol. The summed E-state index contributed by atoms with van der Waals surface area (Å²) in [6, 6.07) is -0.748. The van der Waals surface area contributed by atoms with E-state index >= 15 is 0 Å². The van der Waals surface area contributed by atoms with Crippen LogP contribution < -0.4 is 10.6 Å². The summed E-state index contributed by atoms with van der Waals surface area (Å²) in [5.41, 5.74) is -0.967. The first-order valence-corrected chi connectivity index (χ1v) is 6.42. The van der Waals surface area contributed by atoms with Crippen molar-refractivity contribution in [2.24, 2.45) is 12.5 Å². The van der Waals surface area contributed by atoms with E-state index in [4.69, 9.17) is 5.11 Å². The van der Waals surface area contributed by atoms with Gasteiger partial charge in [-0.25, -0.2) is 4.79 Å². The molecule has 20 heavy (non-hydrogen) atoms. The quantitative estimate of drug-likeness (QED) is 0.711. The third-order valence-electron chi connectivity index (χ3n) is 3.42. The van der Waals surface area contributed by atoms with Crippen molar-refractivity contribution >= 4 is 12.0 Å². The Morgan fingerprint density at radius 1 is 1.55 bits per heavy atom. The maximum absolute atomic E-state index is 11.8. The second-order valence-corrected chi connectivity index (χ2v) is 5.07. The zero-order valence-corrected chi connectivity index (χ0v) is 12.2. The van der Waals surface area contributed by atoms with E-state index in [1.54, 1.807) is 38.7 Å². The minimum atomic E-state index is -0.967. The summed E-state index contributed by atoms with van der Waals surface area (Å²) in [5.74, 6) is -0.307. The number of carboxylic acids is 1. The number of carboxylic acid groups (broad SMARTS) is 1. The van der Waals surface area contributed by atoms with Crippen LogP contribution in [0.25, 0.3) is 0 Å². The zero-order chi connectivity index (χ0) is 15.3. The van der Waals surface area contributed by atoms with Crippen molar-refractivity contribution in [2.75, 3.05) is 6.54 Å². The van der Waals surface area contributed by atoms with Crippen molar-refractivity contribution in [3.63, 3.8) is 0 Å². The summed E-state index contributed by atoms with van der Waals surface area (Å²) in [7, 11) is 1.78. The minimum Gasteiger partial charge on any atom is -0.481 e. The number of aliphatic carboxylic acids is 1. The molecule has 8 heteroatoms. The van der Waals surface area contributed by atoms with E-state index < -0.39 is 17.4 Å². The highest BCUT2D eigenvalue weighted by atomic mass is 16.4. The highest BCUT2D eigenvalue weighted by Gasteiger charge is 2.31. The Morgan fingerprint density at radius 3 is 2.65 bits per heavy atom. The average Bonchev–Trinajstić information content (AvgIpc) is 2.82. The van der Waals surface area contributed by atoms with Crippen LogP contribution in [-0.2, 0) is 11.8 Å². The fraction of sp³-hybridized carbons (Fsp3) is 0.667. The highest BCUT2D eigenvalue weighted by molar-refractivity contribution is 5.77. The maximum atomic E-state index is 11.8. The van der Waals surface area contributed by atoms with E-state index in [0.29, 0.717) is 12.2 Å². The number of aryl methyl sites for hydroxylation is 1. The number of nitrogens with zero attached hydrogens (tertiary/aromatic N) is 3. The molecule has 112 valence electrons. The Morgan fingerprint density at radius 2 is 2.20 bits per heavy atom. The molecule has 0 spiro atoms. The van der Waals surface area contributed by atoms with Crippen LogP contribution in [0.3, 0.4) is 0 Å². The Hall–Kier alpha value is -2.12. The number of urea groups is 1. The van der Waals surface area contributed by atoms with Gasteiger partial charge in [-0.15, -0.1) is 10.2 Å². The van der Waals surface area contributed by atoms with Gasteiger partial charge in [-0.05, 0) is 20.3 Å². The molecule has 1 aromatic heterocycles. The number of carbonyl (C=O) groups excluding carboxylic acids is 1. The fourth-order valence-electron chi connectivity index (χ4n) is 1.62. The molecule has 1 rings (SSSR count). The second-order valence-electron chi connectivity index (χ2n) is 5.07. The number of hydrogen-bond acceptors (Lipinski definition) is 4. The number of nitrogens with one attached hydrogen (secondary N) is 2. The standard InChI is InChI=1S/C12H21N5O3/c1-5-12(3,10(18)19)6-13-11(20)15-8(2)9-16-14-7-17(9)4/h7-8H,5-6H2,1-4H3,(H,18,19)(H2,13,15,20). The van der Waals surface area contributed by atoms with Gasteiger partial charge in [0.2, 0.25) is 0 Å². The Kier molecular flexibility index (Phi) is 5.06. The summed E-state index contributed by atoms with van der Waals surface area (Å²) in [6.07, 6.45) is 1.98. The number of aromatic nitrogens is 3. The smallest absolute Gasteiger partial charge is 0.315 e. The van der Waals surface area contributed by atoms with E-state index in [1.807, 2.05) is 0 Å². The van der Waals surface area contributed by atoms with Crippen molar-refractivity contribution < 1.29 is 14.7 Å². The molecule has 0 saturated heterocycles. The minimum absolute atomic E-state index is 0.0657. The van der Waals surface area contributed by atoms with Crippen molar-refractivity contribution in [3.8, 4) is 0 Å². The second kappa shape index (κ2) is 6.36. The van der Waals surface area contributed by atoms with Crippen molar-refractivity contribution in [3.05, 3.63) is 12.2 Å². The molecule has 0 radical (unpaired) electrons. The SMILES string of the molecule is CCC(C)(CNC(=O)NC(C)c1nncn1C)C(=O)O. The van der Waals surface area contributed by atoms with Gasteiger partial charge < -0.3 is 20.3 Å². The van der Waals surface area contributed by atoms with Crippen LogP contribution in [0.5, 0.6) is 0 Å². The fourth-order valence-corrected chi connectivity index (χ4v) is 1.62. The van der Waals surface area contributed by atoms with E-state index in [9.17, 15) is 9.59 Å². The first-order chi connectivity index (χ1) is 9.30. The average molecular weight is 283 g/mol. The van der Waals surface area contributed by atoms with Gasteiger partial charge in [-0.1, -0.05) is 6.92 Å². The van der Waals surface area contributed by atoms with Gasteiger partial charge in [0.05, 0.1) is 11.5 Å². The first-order valence-electron chi connectivity index (χ1n) is 6.42. The Bertz CT molecular complexity index is 487. The Balaban J connectivity index is 2.52. The summed E-state index contributed by atoms with van der Waals surface area (Å²) in [6.45, 7) is 5.22. The van der Waals surface area contributed by atoms with Crippen LogP contribution in [0.2, 0.25) is 0 Å². The molecule has 3 N–H and O–H groups in total. The van der Waals surface area contributed by atoms with Crippen LogP contribution in [0, 0.1) is 5.41 Å². The van der Waals surface area contributed by atoms with Crippen molar-refractivity contribution in [1.82, 2.24) is 25.4 Å². The molecule has 2 amide bonds. The van der Waals surface area contributed by atoms with Crippen molar-refractivity contribution in [2.45, 2.75) is 33.2 Å². The molecule has 8 nitrogen and oxygen atoms in total. The number of amides is 2. The lowest BCUT2D eigenvalue weighted by Crippen LogP contribution is -2.45.